The van der Waals surface area contributed by atoms with Crippen molar-refractivity contribution in [1.29, 1.82) is 0 Å². The first kappa shape index (κ1) is 17.2. The van der Waals surface area contributed by atoms with Crippen molar-refractivity contribution < 1.29 is 14.7 Å². The zero-order chi connectivity index (χ0) is 15.9. The summed E-state index contributed by atoms with van der Waals surface area (Å²) in [6.45, 7) is 5.15. The van der Waals surface area contributed by atoms with E-state index in [0.29, 0.717) is 6.42 Å². The van der Waals surface area contributed by atoms with E-state index in [9.17, 15) is 14.7 Å². The Morgan fingerprint density at radius 1 is 1.29 bits per heavy atom. The van der Waals surface area contributed by atoms with Crippen molar-refractivity contribution in [3.05, 3.63) is 35.9 Å². The highest BCUT2D eigenvalue weighted by atomic mass is 16.4. The van der Waals surface area contributed by atoms with Gasteiger partial charge in [0.15, 0.2) is 0 Å². The molecule has 0 spiro atoms. The molecule has 2 N–H and O–H groups in total. The van der Waals surface area contributed by atoms with Crippen LogP contribution >= 0.6 is 0 Å². The molecule has 0 bridgehead atoms. The number of aryl methyl sites for hydroxylation is 1. The minimum atomic E-state index is -1.18. The number of hydrogen-bond donors (Lipinski definition) is 2. The molecule has 4 nitrogen and oxygen atoms in total. The van der Waals surface area contributed by atoms with Crippen LogP contribution in [0.4, 0.5) is 0 Å². The van der Waals surface area contributed by atoms with Gasteiger partial charge in [-0.2, -0.15) is 0 Å². The lowest BCUT2D eigenvalue weighted by Crippen LogP contribution is -2.53. The molecule has 0 heterocycles. The number of benzene rings is 1. The van der Waals surface area contributed by atoms with E-state index >= 15 is 0 Å². The van der Waals surface area contributed by atoms with Gasteiger partial charge in [-0.05, 0) is 38.2 Å². The SMILES string of the molecule is CCC(C)(NC(=O)C(C)CCCc1ccccc1)C(=O)O. The topological polar surface area (TPSA) is 66.4 Å². The van der Waals surface area contributed by atoms with Gasteiger partial charge < -0.3 is 10.4 Å². The average molecular weight is 291 g/mol. The van der Waals surface area contributed by atoms with Crippen molar-refractivity contribution in [2.24, 2.45) is 5.92 Å². The Morgan fingerprint density at radius 2 is 1.90 bits per heavy atom. The molecular formula is C17H25NO3. The zero-order valence-corrected chi connectivity index (χ0v) is 13.1. The highest BCUT2D eigenvalue weighted by Crippen LogP contribution is 2.14. The van der Waals surface area contributed by atoms with Crippen LogP contribution in [0, 0.1) is 5.92 Å². The van der Waals surface area contributed by atoms with Crippen LogP contribution in [0.15, 0.2) is 30.3 Å². The first-order valence-electron chi connectivity index (χ1n) is 7.48. The number of hydrogen-bond acceptors (Lipinski definition) is 2. The molecule has 0 saturated carbocycles. The molecule has 0 saturated heterocycles. The van der Waals surface area contributed by atoms with Crippen LogP contribution in [0.2, 0.25) is 0 Å². The van der Waals surface area contributed by atoms with Gasteiger partial charge in [0.05, 0.1) is 0 Å². The van der Waals surface area contributed by atoms with E-state index < -0.39 is 11.5 Å². The van der Waals surface area contributed by atoms with Crippen molar-refractivity contribution in [2.75, 3.05) is 0 Å². The minimum absolute atomic E-state index is 0.182. The number of carboxylic acid groups (broad SMARTS) is 1. The Balaban J connectivity index is 2.42. The van der Waals surface area contributed by atoms with Crippen LogP contribution in [0.5, 0.6) is 0 Å². The first-order chi connectivity index (χ1) is 9.89. The highest BCUT2D eigenvalue weighted by molar-refractivity contribution is 5.87. The van der Waals surface area contributed by atoms with Gasteiger partial charge in [-0.25, -0.2) is 4.79 Å². The molecule has 0 aliphatic rings. The highest BCUT2D eigenvalue weighted by Gasteiger charge is 2.33. The molecule has 0 fully saturated rings. The summed E-state index contributed by atoms with van der Waals surface area (Å²) in [5, 5.41) is 11.8. The van der Waals surface area contributed by atoms with Crippen molar-refractivity contribution >= 4 is 11.9 Å². The van der Waals surface area contributed by atoms with Crippen LogP contribution < -0.4 is 5.32 Å². The predicted molar refractivity (Wildman–Crippen MR) is 83.0 cm³/mol. The Kier molecular flexibility index (Phi) is 6.40. The van der Waals surface area contributed by atoms with E-state index in [1.165, 1.54) is 5.56 Å². The molecule has 0 aromatic heterocycles. The standard InChI is InChI=1S/C17H25NO3/c1-4-17(3,16(20)21)18-15(19)13(2)9-8-12-14-10-6-5-7-11-14/h5-7,10-11,13H,4,8-9,12H2,1-3H3,(H,18,19)(H,20,21). The average Bonchev–Trinajstić information content (AvgIpc) is 2.47. The van der Waals surface area contributed by atoms with E-state index in [-0.39, 0.29) is 11.8 Å². The third-order valence-corrected chi connectivity index (χ3v) is 3.97. The second kappa shape index (κ2) is 7.81. The number of amides is 1. The Labute approximate surface area is 126 Å². The number of carbonyl (C=O) groups excluding carboxylic acids is 1. The van der Waals surface area contributed by atoms with E-state index in [4.69, 9.17) is 0 Å². The van der Waals surface area contributed by atoms with Gasteiger partial charge in [0.1, 0.15) is 5.54 Å². The molecule has 1 amide bonds. The zero-order valence-electron chi connectivity index (χ0n) is 13.1. The number of nitrogens with one attached hydrogen (secondary N) is 1. The molecule has 1 aromatic carbocycles. The van der Waals surface area contributed by atoms with Gasteiger partial charge in [-0.15, -0.1) is 0 Å². The maximum absolute atomic E-state index is 12.1. The molecule has 4 heteroatoms. The van der Waals surface area contributed by atoms with E-state index in [1.54, 1.807) is 13.8 Å². The second-order valence-corrected chi connectivity index (χ2v) is 5.76. The van der Waals surface area contributed by atoms with Gasteiger partial charge in [-0.3, -0.25) is 4.79 Å². The van der Waals surface area contributed by atoms with Crippen LogP contribution in [-0.4, -0.2) is 22.5 Å². The lowest BCUT2D eigenvalue weighted by Gasteiger charge is -2.26. The number of carbonyl (C=O) groups is 2. The molecule has 0 radical (unpaired) electrons. The maximum Gasteiger partial charge on any atom is 0.329 e. The van der Waals surface area contributed by atoms with Crippen LogP contribution in [-0.2, 0) is 16.0 Å². The summed E-state index contributed by atoms with van der Waals surface area (Å²) < 4.78 is 0. The van der Waals surface area contributed by atoms with Gasteiger partial charge in [0, 0.05) is 5.92 Å². The second-order valence-electron chi connectivity index (χ2n) is 5.76. The lowest BCUT2D eigenvalue weighted by atomic mass is 9.95. The van der Waals surface area contributed by atoms with Crippen molar-refractivity contribution in [3.63, 3.8) is 0 Å². The fourth-order valence-corrected chi connectivity index (χ4v) is 2.08. The number of aliphatic carboxylic acids is 1. The molecule has 0 aliphatic carbocycles. The predicted octanol–water partition coefficient (Wildman–Crippen LogP) is 3.01. The van der Waals surface area contributed by atoms with Gasteiger partial charge in [0.2, 0.25) is 5.91 Å². The molecular weight excluding hydrogens is 266 g/mol. The molecule has 1 aromatic rings. The van der Waals surface area contributed by atoms with E-state index in [2.05, 4.69) is 17.4 Å². The van der Waals surface area contributed by atoms with Crippen molar-refractivity contribution in [1.82, 2.24) is 5.32 Å². The molecule has 0 aliphatic heterocycles. The largest absolute Gasteiger partial charge is 0.480 e. The summed E-state index contributed by atoms with van der Waals surface area (Å²) in [4.78, 5) is 23.3. The lowest BCUT2D eigenvalue weighted by molar-refractivity contribution is -0.147. The summed E-state index contributed by atoms with van der Waals surface area (Å²) in [5.74, 6) is -1.36. The summed E-state index contributed by atoms with van der Waals surface area (Å²) >= 11 is 0. The van der Waals surface area contributed by atoms with Gasteiger partial charge >= 0.3 is 5.97 Å². The quantitative estimate of drug-likeness (QED) is 0.773. The monoisotopic (exact) mass is 291 g/mol. The molecule has 116 valence electrons. The molecule has 2 unspecified atom stereocenters. The first-order valence-corrected chi connectivity index (χ1v) is 7.48. The van der Waals surface area contributed by atoms with Crippen LogP contribution in [0.1, 0.15) is 45.6 Å². The minimum Gasteiger partial charge on any atom is -0.480 e. The normalized spacial score (nSPS) is 15.0. The smallest absolute Gasteiger partial charge is 0.329 e. The molecule has 2 atom stereocenters. The summed E-state index contributed by atoms with van der Waals surface area (Å²) in [6.07, 6.45) is 2.96. The Morgan fingerprint density at radius 3 is 2.43 bits per heavy atom. The molecule has 1 rings (SSSR count). The Bertz CT molecular complexity index is 472. The van der Waals surface area contributed by atoms with Crippen LogP contribution in [0.25, 0.3) is 0 Å². The Hall–Kier alpha value is -1.84. The third kappa shape index (κ3) is 5.21. The summed E-state index contributed by atoms with van der Waals surface area (Å²) in [6, 6.07) is 10.1. The van der Waals surface area contributed by atoms with Crippen LogP contribution in [0.3, 0.4) is 0 Å². The summed E-state index contributed by atoms with van der Waals surface area (Å²) in [5.41, 5.74) is 0.0826. The fraction of sp³-hybridized carbons (Fsp3) is 0.529. The van der Waals surface area contributed by atoms with Gasteiger partial charge in [0.25, 0.3) is 0 Å². The van der Waals surface area contributed by atoms with Crippen molar-refractivity contribution in [3.8, 4) is 0 Å². The summed E-state index contributed by atoms with van der Waals surface area (Å²) in [7, 11) is 0. The molecule has 21 heavy (non-hydrogen) atoms. The maximum atomic E-state index is 12.1. The van der Waals surface area contributed by atoms with E-state index in [0.717, 1.165) is 19.3 Å². The fourth-order valence-electron chi connectivity index (χ4n) is 2.08. The van der Waals surface area contributed by atoms with E-state index in [1.807, 2.05) is 25.1 Å². The van der Waals surface area contributed by atoms with Gasteiger partial charge in [-0.1, -0.05) is 44.2 Å². The third-order valence-electron chi connectivity index (χ3n) is 3.97. The van der Waals surface area contributed by atoms with Crippen molar-refractivity contribution in [2.45, 2.75) is 52.0 Å². The number of rotatable bonds is 8. The number of carboxylic acids is 1.